The van der Waals surface area contributed by atoms with Crippen LogP contribution in [0.3, 0.4) is 0 Å². The first-order chi connectivity index (χ1) is 13.0. The van der Waals surface area contributed by atoms with Crippen LogP contribution in [0.25, 0.3) is 0 Å². The maximum atomic E-state index is 9.21. The van der Waals surface area contributed by atoms with Crippen molar-refractivity contribution in [3.05, 3.63) is 95.5 Å². The molecule has 0 radical (unpaired) electrons. The maximum absolute atomic E-state index is 9.21. The molecule has 2 aromatic rings. The smallest absolute Gasteiger partial charge is 0.121 e. The van der Waals surface area contributed by atoms with Crippen LogP contribution in [0.4, 0.5) is 0 Å². The molecule has 0 amide bonds. The lowest BCUT2D eigenvalue weighted by Crippen LogP contribution is -1.76. The summed E-state index contributed by atoms with van der Waals surface area (Å²) in [6.07, 6.45) is 2.97. The molecule has 28 heavy (non-hydrogen) atoms. The summed E-state index contributed by atoms with van der Waals surface area (Å²) in [7, 11) is 0. The van der Waals surface area contributed by atoms with E-state index in [0.29, 0.717) is 11.5 Å². The van der Waals surface area contributed by atoms with Crippen LogP contribution in [0.5, 0.6) is 11.5 Å². The zero-order chi connectivity index (χ0) is 22.3. The zero-order valence-corrected chi connectivity index (χ0v) is 17.8. The van der Waals surface area contributed by atoms with Crippen LogP contribution < -0.4 is 0 Å². The number of hydrogen-bond donors (Lipinski definition) is 4. The number of aliphatic hydroxyl groups is 2. The molecule has 0 heterocycles. The molecule has 4 heteroatoms. The highest BCUT2D eigenvalue weighted by atomic mass is 16.3. The third-order valence-corrected chi connectivity index (χ3v) is 3.30. The van der Waals surface area contributed by atoms with Crippen LogP contribution >= 0.6 is 0 Å². The lowest BCUT2D eigenvalue weighted by Gasteiger charge is -1.99. The normalized spacial score (nSPS) is 9.43. The van der Waals surface area contributed by atoms with Gasteiger partial charge in [0.15, 0.2) is 0 Å². The largest absolute Gasteiger partial charge is 0.513 e. The third kappa shape index (κ3) is 14.1. The van der Waals surface area contributed by atoms with Crippen LogP contribution in [0, 0.1) is 27.7 Å². The van der Waals surface area contributed by atoms with Crippen molar-refractivity contribution < 1.29 is 20.4 Å². The Kier molecular flexibility index (Phi) is 14.5. The second-order valence-electron chi connectivity index (χ2n) is 6.18. The Morgan fingerprint density at radius 3 is 1.61 bits per heavy atom. The Morgan fingerprint density at radius 2 is 1.36 bits per heavy atom. The third-order valence-electron chi connectivity index (χ3n) is 3.30. The Bertz CT molecular complexity index is 750. The number of hydrogen-bond acceptors (Lipinski definition) is 4. The Labute approximate surface area is 169 Å². The highest BCUT2D eigenvalue weighted by molar-refractivity contribution is 5.38. The molecule has 0 aromatic heterocycles. The summed E-state index contributed by atoms with van der Waals surface area (Å²) in [6, 6.07) is 11.3. The molecule has 0 aliphatic heterocycles. The van der Waals surface area contributed by atoms with E-state index in [1.807, 2.05) is 58.0 Å². The van der Waals surface area contributed by atoms with E-state index in [4.69, 9.17) is 15.3 Å². The molecule has 0 spiro atoms. The van der Waals surface area contributed by atoms with E-state index < -0.39 is 0 Å². The molecule has 2 rings (SSSR count). The average Bonchev–Trinajstić information content (AvgIpc) is 2.63. The second kappa shape index (κ2) is 15.0. The lowest BCUT2D eigenvalue weighted by molar-refractivity contribution is 0.417. The molecule has 0 atom stereocenters. The van der Waals surface area contributed by atoms with E-state index in [1.54, 1.807) is 19.1 Å². The number of allylic oxidation sites excluding steroid dienone is 3. The Hall–Kier alpha value is -3.14. The molecule has 0 aliphatic rings. The quantitative estimate of drug-likeness (QED) is 0.323. The van der Waals surface area contributed by atoms with Crippen LogP contribution in [0.2, 0.25) is 0 Å². The van der Waals surface area contributed by atoms with Gasteiger partial charge < -0.3 is 20.4 Å². The van der Waals surface area contributed by atoms with E-state index in [0.717, 1.165) is 16.7 Å². The molecule has 0 saturated heterocycles. The predicted molar refractivity (Wildman–Crippen MR) is 119 cm³/mol. The van der Waals surface area contributed by atoms with Crippen molar-refractivity contribution in [1.29, 1.82) is 0 Å². The summed E-state index contributed by atoms with van der Waals surface area (Å²) in [4.78, 5) is 0. The number of phenolic OH excluding ortho intramolecular Hbond substituents is 2. The lowest BCUT2D eigenvalue weighted by atomic mass is 10.1. The number of phenols is 2. The fourth-order valence-electron chi connectivity index (χ4n) is 1.73. The standard InChI is InChI=1S/2C8H10O.C5H8O.C3H6O/c1-6-3-4-8(9)7(2)5-6;1-6-4-3-5-7(2)8(6)9;1-3-5(6)4-2;1-3(2)4/h2*3-5,9H,1-2H3;3-4,6H,1H2,2H3;4H,1H2,2H3/b;;5-4+;. The van der Waals surface area contributed by atoms with Crippen molar-refractivity contribution in [3.63, 3.8) is 0 Å². The molecule has 0 saturated carbocycles. The second-order valence-corrected chi connectivity index (χ2v) is 6.18. The molecular formula is C24H34O4. The van der Waals surface area contributed by atoms with Crippen LogP contribution in [0.15, 0.2) is 73.2 Å². The molecule has 4 N–H and O–H groups in total. The Balaban J connectivity index is 0. The van der Waals surface area contributed by atoms with Crippen LogP contribution in [-0.4, -0.2) is 20.4 Å². The molecule has 0 aliphatic carbocycles. The van der Waals surface area contributed by atoms with Gasteiger partial charge in [0.1, 0.15) is 17.3 Å². The first-order valence-corrected chi connectivity index (χ1v) is 8.79. The SMILES string of the molecule is C=C(C)O.C=C/C(O)=C\C.Cc1ccc(O)c(C)c1.Cc1cccc(C)c1O. The summed E-state index contributed by atoms with van der Waals surface area (Å²) in [5.74, 6) is 1.19. The van der Waals surface area contributed by atoms with Gasteiger partial charge in [-0.2, -0.15) is 0 Å². The van der Waals surface area contributed by atoms with Gasteiger partial charge in [-0.3, -0.25) is 0 Å². The maximum Gasteiger partial charge on any atom is 0.121 e. The van der Waals surface area contributed by atoms with Crippen molar-refractivity contribution in [2.45, 2.75) is 41.5 Å². The van der Waals surface area contributed by atoms with Crippen molar-refractivity contribution >= 4 is 0 Å². The molecular weight excluding hydrogens is 352 g/mol. The summed E-state index contributed by atoms with van der Waals surface area (Å²) < 4.78 is 0. The van der Waals surface area contributed by atoms with Crippen LogP contribution in [-0.2, 0) is 0 Å². The van der Waals surface area contributed by atoms with E-state index >= 15 is 0 Å². The minimum atomic E-state index is 0.167. The molecule has 4 nitrogen and oxygen atoms in total. The number of aliphatic hydroxyl groups excluding tert-OH is 2. The number of aryl methyl sites for hydroxylation is 4. The number of aromatic hydroxyl groups is 2. The molecule has 0 bridgehead atoms. The van der Waals surface area contributed by atoms with Gasteiger partial charge in [0.05, 0.1) is 5.76 Å². The van der Waals surface area contributed by atoms with Crippen molar-refractivity contribution in [2.75, 3.05) is 0 Å². The number of benzene rings is 2. The minimum Gasteiger partial charge on any atom is -0.513 e. The fraction of sp³-hybridized carbons (Fsp3) is 0.250. The first-order valence-electron chi connectivity index (χ1n) is 8.79. The zero-order valence-electron chi connectivity index (χ0n) is 17.8. The topological polar surface area (TPSA) is 80.9 Å². The van der Waals surface area contributed by atoms with Gasteiger partial charge >= 0.3 is 0 Å². The van der Waals surface area contributed by atoms with Gasteiger partial charge in [-0.15, -0.1) is 0 Å². The summed E-state index contributed by atoms with van der Waals surface area (Å²) in [5.41, 5.74) is 4.00. The molecule has 2 aromatic carbocycles. The summed E-state index contributed by atoms with van der Waals surface area (Å²) in [5, 5.41) is 34.5. The highest BCUT2D eigenvalue weighted by Gasteiger charge is 1.95. The van der Waals surface area contributed by atoms with Gasteiger partial charge in [-0.25, -0.2) is 0 Å². The fourth-order valence-corrected chi connectivity index (χ4v) is 1.73. The van der Waals surface area contributed by atoms with Crippen molar-refractivity contribution in [3.8, 4) is 11.5 Å². The van der Waals surface area contributed by atoms with E-state index in [2.05, 4.69) is 13.2 Å². The van der Waals surface area contributed by atoms with Crippen molar-refractivity contribution in [2.24, 2.45) is 0 Å². The van der Waals surface area contributed by atoms with E-state index in [-0.39, 0.29) is 11.5 Å². The first kappa shape index (κ1) is 27.1. The molecule has 0 unspecified atom stereocenters. The summed E-state index contributed by atoms with van der Waals surface area (Å²) >= 11 is 0. The van der Waals surface area contributed by atoms with Crippen LogP contribution in [0.1, 0.15) is 36.1 Å². The van der Waals surface area contributed by atoms with Gasteiger partial charge in [-0.05, 0) is 76.5 Å². The van der Waals surface area contributed by atoms with Gasteiger partial charge in [0.25, 0.3) is 0 Å². The van der Waals surface area contributed by atoms with E-state index in [9.17, 15) is 5.11 Å². The number of para-hydroxylation sites is 1. The van der Waals surface area contributed by atoms with Gasteiger partial charge in [0.2, 0.25) is 0 Å². The predicted octanol–water partition coefficient (Wildman–Crippen LogP) is 6.73. The number of rotatable bonds is 1. The highest BCUT2D eigenvalue weighted by Crippen LogP contribution is 2.19. The van der Waals surface area contributed by atoms with Gasteiger partial charge in [0, 0.05) is 0 Å². The van der Waals surface area contributed by atoms with E-state index in [1.165, 1.54) is 18.6 Å². The summed E-state index contributed by atoms with van der Waals surface area (Å²) in [6.45, 7) is 17.4. The Morgan fingerprint density at radius 1 is 0.893 bits per heavy atom. The van der Waals surface area contributed by atoms with Crippen molar-refractivity contribution in [1.82, 2.24) is 0 Å². The monoisotopic (exact) mass is 386 g/mol. The minimum absolute atomic E-state index is 0.167. The molecule has 154 valence electrons. The van der Waals surface area contributed by atoms with Gasteiger partial charge in [-0.1, -0.05) is 49.1 Å². The molecule has 0 fully saturated rings. The average molecular weight is 387 g/mol.